The van der Waals surface area contributed by atoms with Crippen LogP contribution in [0, 0.1) is 12.7 Å². The van der Waals surface area contributed by atoms with Crippen LogP contribution >= 0.6 is 24.0 Å². The fourth-order valence-electron chi connectivity index (χ4n) is 3.46. The van der Waals surface area contributed by atoms with Crippen LogP contribution in [0.1, 0.15) is 28.7 Å². The molecule has 7 heteroatoms. The highest BCUT2D eigenvalue weighted by Gasteiger charge is 2.19. The standard InChI is InChI=1S/C23H29FN4O.HI/c1-16-12-17(8-11-21(16)24)14-25-23(26-15-22(29)28(2)3)27-20-10-9-18-6-4-5-7-19(18)13-20;/h4-8,11-12,20H,9-10,13-15H2,1-3H3,(H2,25,26,27);1H. The van der Waals surface area contributed by atoms with E-state index in [-0.39, 0.29) is 48.3 Å². The molecule has 0 bridgehead atoms. The highest BCUT2D eigenvalue weighted by molar-refractivity contribution is 14.0. The molecule has 0 aromatic heterocycles. The number of guanidine groups is 1. The van der Waals surface area contributed by atoms with Crippen LogP contribution in [0.4, 0.5) is 4.39 Å². The minimum Gasteiger partial charge on any atom is -0.353 e. The number of rotatable bonds is 5. The molecule has 0 saturated carbocycles. The third kappa shape index (κ3) is 6.68. The molecule has 1 amide bonds. The topological polar surface area (TPSA) is 56.7 Å². The molecule has 2 aromatic rings. The Morgan fingerprint density at radius 3 is 2.63 bits per heavy atom. The lowest BCUT2D eigenvalue weighted by Crippen LogP contribution is -2.48. The number of nitrogens with one attached hydrogen (secondary N) is 2. The minimum absolute atomic E-state index is 0. The molecule has 1 aliphatic carbocycles. The Morgan fingerprint density at radius 2 is 1.93 bits per heavy atom. The van der Waals surface area contributed by atoms with Gasteiger partial charge in [0.25, 0.3) is 0 Å². The molecule has 0 radical (unpaired) electrons. The zero-order valence-corrected chi connectivity index (χ0v) is 20.1. The number of hydrogen-bond donors (Lipinski definition) is 2. The molecule has 30 heavy (non-hydrogen) atoms. The summed E-state index contributed by atoms with van der Waals surface area (Å²) in [6.07, 6.45) is 2.96. The number of amides is 1. The van der Waals surface area contributed by atoms with E-state index >= 15 is 0 Å². The van der Waals surface area contributed by atoms with E-state index in [9.17, 15) is 9.18 Å². The molecule has 0 heterocycles. The second kappa shape index (κ2) is 11.3. The van der Waals surface area contributed by atoms with Gasteiger partial charge in [0.15, 0.2) is 5.96 Å². The summed E-state index contributed by atoms with van der Waals surface area (Å²) in [5.74, 6) is 0.365. The number of carbonyl (C=O) groups is 1. The van der Waals surface area contributed by atoms with E-state index in [1.165, 1.54) is 17.2 Å². The van der Waals surface area contributed by atoms with Crippen molar-refractivity contribution in [1.82, 2.24) is 15.5 Å². The van der Waals surface area contributed by atoms with Crippen LogP contribution in [0.15, 0.2) is 47.5 Å². The van der Waals surface area contributed by atoms with Crippen LogP contribution in [0.2, 0.25) is 0 Å². The SMILES string of the molecule is Cc1cc(CN=C(NCC(=O)N(C)C)NC2CCc3ccccc3C2)ccc1F.I. The predicted octanol–water partition coefficient (Wildman–Crippen LogP) is 3.43. The summed E-state index contributed by atoms with van der Waals surface area (Å²) in [5.41, 5.74) is 4.29. The first-order valence-corrected chi connectivity index (χ1v) is 9.99. The molecule has 1 atom stereocenters. The first kappa shape index (κ1) is 24.1. The molecule has 1 unspecified atom stereocenters. The second-order valence-corrected chi connectivity index (χ2v) is 7.74. The van der Waals surface area contributed by atoms with Crippen molar-refractivity contribution < 1.29 is 9.18 Å². The zero-order chi connectivity index (χ0) is 20.8. The third-order valence-electron chi connectivity index (χ3n) is 5.24. The number of benzene rings is 2. The van der Waals surface area contributed by atoms with Crippen molar-refractivity contribution in [3.05, 3.63) is 70.5 Å². The Bertz CT molecular complexity index is 901. The molecule has 0 saturated heterocycles. The van der Waals surface area contributed by atoms with Gasteiger partial charge in [-0.2, -0.15) is 0 Å². The molecule has 2 aromatic carbocycles. The lowest BCUT2D eigenvalue weighted by molar-refractivity contribution is -0.127. The summed E-state index contributed by atoms with van der Waals surface area (Å²) in [7, 11) is 3.46. The molecule has 2 N–H and O–H groups in total. The van der Waals surface area contributed by atoms with E-state index in [1.807, 2.05) is 0 Å². The number of aliphatic imine (C=N–C) groups is 1. The lowest BCUT2D eigenvalue weighted by Gasteiger charge is -2.27. The number of hydrogen-bond acceptors (Lipinski definition) is 2. The van der Waals surface area contributed by atoms with Crippen LogP contribution < -0.4 is 10.6 Å². The highest BCUT2D eigenvalue weighted by Crippen LogP contribution is 2.21. The first-order valence-electron chi connectivity index (χ1n) is 9.99. The zero-order valence-electron chi connectivity index (χ0n) is 17.7. The van der Waals surface area contributed by atoms with Crippen molar-refractivity contribution in [3.8, 4) is 0 Å². The summed E-state index contributed by atoms with van der Waals surface area (Å²) in [4.78, 5) is 18.2. The predicted molar refractivity (Wildman–Crippen MR) is 130 cm³/mol. The van der Waals surface area contributed by atoms with Gasteiger partial charge in [-0.15, -0.1) is 24.0 Å². The van der Waals surface area contributed by atoms with Gasteiger partial charge in [-0.1, -0.05) is 36.4 Å². The van der Waals surface area contributed by atoms with Gasteiger partial charge >= 0.3 is 0 Å². The van der Waals surface area contributed by atoms with Crippen molar-refractivity contribution >= 4 is 35.8 Å². The van der Waals surface area contributed by atoms with E-state index in [2.05, 4.69) is 39.9 Å². The van der Waals surface area contributed by atoms with Gasteiger partial charge in [0.1, 0.15) is 5.82 Å². The van der Waals surface area contributed by atoms with Gasteiger partial charge in [0.2, 0.25) is 5.91 Å². The summed E-state index contributed by atoms with van der Waals surface area (Å²) in [6, 6.07) is 13.8. The van der Waals surface area contributed by atoms with Gasteiger partial charge < -0.3 is 15.5 Å². The maximum absolute atomic E-state index is 13.5. The Kier molecular flexibility index (Phi) is 9.08. The first-order chi connectivity index (χ1) is 13.9. The van der Waals surface area contributed by atoms with Gasteiger partial charge in [0, 0.05) is 20.1 Å². The third-order valence-corrected chi connectivity index (χ3v) is 5.24. The number of likely N-dealkylation sites (N-methyl/N-ethyl adjacent to an activating group) is 1. The fourth-order valence-corrected chi connectivity index (χ4v) is 3.46. The monoisotopic (exact) mass is 524 g/mol. The van der Waals surface area contributed by atoms with Crippen molar-refractivity contribution in [3.63, 3.8) is 0 Å². The van der Waals surface area contributed by atoms with Crippen molar-refractivity contribution in [2.75, 3.05) is 20.6 Å². The Balaban J connectivity index is 0.00000320. The Hall–Kier alpha value is -2.16. The second-order valence-electron chi connectivity index (χ2n) is 7.74. The largest absolute Gasteiger partial charge is 0.353 e. The minimum atomic E-state index is -0.216. The number of nitrogens with zero attached hydrogens (tertiary/aromatic N) is 2. The number of halogens is 2. The quantitative estimate of drug-likeness (QED) is 0.358. The summed E-state index contributed by atoms with van der Waals surface area (Å²) in [5, 5.41) is 6.62. The van der Waals surface area contributed by atoms with Crippen molar-refractivity contribution in [2.45, 2.75) is 38.8 Å². The molecule has 5 nitrogen and oxygen atoms in total. The Labute approximate surface area is 195 Å². The van der Waals surface area contributed by atoms with Crippen LogP contribution in [0.25, 0.3) is 0 Å². The maximum Gasteiger partial charge on any atom is 0.241 e. The summed E-state index contributed by atoms with van der Waals surface area (Å²) >= 11 is 0. The van der Waals surface area contributed by atoms with Gasteiger partial charge in [-0.25, -0.2) is 9.38 Å². The molecule has 162 valence electrons. The van der Waals surface area contributed by atoms with E-state index < -0.39 is 0 Å². The van der Waals surface area contributed by atoms with E-state index in [0.717, 1.165) is 24.8 Å². The molecule has 0 aliphatic heterocycles. The normalized spacial score (nSPS) is 15.6. The highest BCUT2D eigenvalue weighted by atomic mass is 127. The van der Waals surface area contributed by atoms with Gasteiger partial charge in [0.05, 0.1) is 13.1 Å². The van der Waals surface area contributed by atoms with E-state index in [1.54, 1.807) is 38.1 Å². The fraction of sp³-hybridized carbons (Fsp3) is 0.391. The van der Waals surface area contributed by atoms with Crippen molar-refractivity contribution in [1.29, 1.82) is 0 Å². The summed E-state index contributed by atoms with van der Waals surface area (Å²) in [6.45, 7) is 2.33. The molecule has 0 fully saturated rings. The van der Waals surface area contributed by atoms with Crippen LogP contribution in [0.3, 0.4) is 0 Å². The molecular weight excluding hydrogens is 494 g/mol. The molecule has 3 rings (SSSR count). The molecule has 0 spiro atoms. The summed E-state index contributed by atoms with van der Waals surface area (Å²) < 4.78 is 13.5. The maximum atomic E-state index is 13.5. The van der Waals surface area contributed by atoms with Gasteiger partial charge in [-0.3, -0.25) is 4.79 Å². The van der Waals surface area contributed by atoms with E-state index in [4.69, 9.17) is 0 Å². The average Bonchev–Trinajstić information content (AvgIpc) is 2.72. The van der Waals surface area contributed by atoms with Crippen LogP contribution in [-0.2, 0) is 24.2 Å². The van der Waals surface area contributed by atoms with Gasteiger partial charge in [-0.05, 0) is 54.5 Å². The Morgan fingerprint density at radius 1 is 1.20 bits per heavy atom. The van der Waals surface area contributed by atoms with Crippen LogP contribution in [-0.4, -0.2) is 43.4 Å². The smallest absolute Gasteiger partial charge is 0.241 e. The average molecular weight is 524 g/mol. The molecular formula is C23H30FIN4O. The molecule has 1 aliphatic rings. The lowest BCUT2D eigenvalue weighted by atomic mass is 9.88. The number of carbonyl (C=O) groups excluding carboxylic acids is 1. The van der Waals surface area contributed by atoms with E-state index in [0.29, 0.717) is 18.1 Å². The number of fused-ring (bicyclic) bond motifs is 1. The van der Waals surface area contributed by atoms with Crippen molar-refractivity contribution in [2.24, 2.45) is 4.99 Å². The number of aryl methyl sites for hydroxylation is 2. The van der Waals surface area contributed by atoms with Crippen LogP contribution in [0.5, 0.6) is 0 Å².